The molecule has 0 spiro atoms. The lowest BCUT2D eigenvalue weighted by atomic mass is 10.1. The molecule has 10 nitrogen and oxygen atoms in total. The predicted octanol–water partition coefficient (Wildman–Crippen LogP) is 6.27. The highest BCUT2D eigenvalue weighted by atomic mass is 35.5. The molecule has 0 saturated carbocycles. The van der Waals surface area contributed by atoms with E-state index in [2.05, 4.69) is 10.3 Å². The SMILES string of the molecule is Cc1c(C[C@H](CS(C)(=O)=O)NC(=O)OC(C)(C)C)sc2c(N(Cc3ccco3)C(=O)OC(C)(C)C)cc(Cl)nc12. The van der Waals surface area contributed by atoms with Crippen LogP contribution in [-0.2, 0) is 32.3 Å². The summed E-state index contributed by atoms with van der Waals surface area (Å²) in [6.45, 7) is 12.4. The van der Waals surface area contributed by atoms with Crippen molar-refractivity contribution >= 4 is 60.9 Å². The molecule has 0 bridgehead atoms. The van der Waals surface area contributed by atoms with E-state index >= 15 is 0 Å². The van der Waals surface area contributed by atoms with Crippen molar-refractivity contribution in [1.29, 1.82) is 0 Å². The Morgan fingerprint density at radius 3 is 2.38 bits per heavy atom. The van der Waals surface area contributed by atoms with E-state index in [4.69, 9.17) is 25.5 Å². The topological polar surface area (TPSA) is 128 Å². The third kappa shape index (κ3) is 9.10. The zero-order valence-electron chi connectivity index (χ0n) is 24.0. The van der Waals surface area contributed by atoms with Crippen LogP contribution in [0.25, 0.3) is 10.2 Å². The number of carbonyl (C=O) groups is 2. The van der Waals surface area contributed by atoms with Gasteiger partial charge in [-0.2, -0.15) is 0 Å². The Hall–Kier alpha value is -2.83. The van der Waals surface area contributed by atoms with Crippen molar-refractivity contribution in [3.05, 3.63) is 45.8 Å². The van der Waals surface area contributed by atoms with Crippen LogP contribution in [0.3, 0.4) is 0 Å². The number of ether oxygens (including phenoxy) is 2. The molecule has 0 aliphatic rings. The fraction of sp³-hybridized carbons (Fsp3) is 0.519. The summed E-state index contributed by atoms with van der Waals surface area (Å²) in [5.41, 5.74) is 0.292. The summed E-state index contributed by atoms with van der Waals surface area (Å²) in [5.74, 6) is 0.249. The summed E-state index contributed by atoms with van der Waals surface area (Å²) in [5, 5.41) is 2.86. The number of alkyl carbamates (subject to hydrolysis) is 1. The second-order valence-electron chi connectivity index (χ2n) is 11.6. The lowest BCUT2D eigenvalue weighted by molar-refractivity contribution is 0.0507. The minimum atomic E-state index is -3.44. The minimum Gasteiger partial charge on any atom is -0.467 e. The molecule has 0 aromatic carbocycles. The molecule has 3 rings (SSSR count). The third-order valence-corrected chi connectivity index (χ3v) is 7.90. The highest BCUT2D eigenvalue weighted by Gasteiger charge is 2.29. The molecule has 0 aliphatic carbocycles. The first-order valence-electron chi connectivity index (χ1n) is 12.6. The molecule has 0 aliphatic heterocycles. The maximum atomic E-state index is 13.4. The van der Waals surface area contributed by atoms with Crippen LogP contribution in [0.4, 0.5) is 15.3 Å². The number of aryl methyl sites for hydroxylation is 1. The lowest BCUT2D eigenvalue weighted by Crippen LogP contribution is -2.43. The Morgan fingerprint density at radius 2 is 1.82 bits per heavy atom. The molecule has 3 heterocycles. The molecule has 40 heavy (non-hydrogen) atoms. The fourth-order valence-corrected chi connectivity index (χ4v) is 6.38. The largest absolute Gasteiger partial charge is 0.467 e. The zero-order valence-corrected chi connectivity index (χ0v) is 26.3. The summed E-state index contributed by atoms with van der Waals surface area (Å²) in [6.07, 6.45) is 1.52. The van der Waals surface area contributed by atoms with Gasteiger partial charge in [0.2, 0.25) is 0 Å². The number of thiophene rings is 1. The maximum Gasteiger partial charge on any atom is 0.415 e. The van der Waals surface area contributed by atoms with Crippen LogP contribution in [0, 0.1) is 6.92 Å². The van der Waals surface area contributed by atoms with Crippen molar-refractivity contribution in [2.45, 2.75) is 78.7 Å². The van der Waals surface area contributed by atoms with Crippen LogP contribution in [0.1, 0.15) is 57.7 Å². The first kappa shape index (κ1) is 31.7. The van der Waals surface area contributed by atoms with Crippen LogP contribution < -0.4 is 10.2 Å². The standard InChI is InChI=1S/C27H36ClN3O7S2/c1-16-20(12-17(15-40(8,34)35)29-24(32)37-26(2,3)4)39-23-19(13-21(28)30-22(16)23)31(14-18-10-9-11-36-18)25(33)38-27(5,6)7/h9-11,13,17H,12,14-15H2,1-8H3,(H,29,32)/t17-/m1/s1. The number of anilines is 1. The first-order chi connectivity index (χ1) is 18.3. The van der Waals surface area contributed by atoms with Gasteiger partial charge in [0.15, 0.2) is 0 Å². The molecule has 1 N–H and O–H groups in total. The van der Waals surface area contributed by atoms with Crippen LogP contribution in [0.15, 0.2) is 28.9 Å². The quantitative estimate of drug-likeness (QED) is 0.294. The fourth-order valence-electron chi connectivity index (χ4n) is 3.91. The number of nitrogens with one attached hydrogen (secondary N) is 1. The Morgan fingerprint density at radius 1 is 1.18 bits per heavy atom. The molecule has 13 heteroatoms. The summed E-state index contributed by atoms with van der Waals surface area (Å²) in [6, 6.07) is 4.30. The molecule has 1 atom stereocenters. The van der Waals surface area contributed by atoms with E-state index in [1.807, 2.05) is 6.92 Å². The molecule has 3 aromatic heterocycles. The molecule has 0 radical (unpaired) electrons. The number of hydrogen-bond donors (Lipinski definition) is 1. The zero-order chi connectivity index (χ0) is 30.0. The Kier molecular flexibility index (Phi) is 9.47. The van der Waals surface area contributed by atoms with Gasteiger partial charge in [0.25, 0.3) is 0 Å². The van der Waals surface area contributed by atoms with Gasteiger partial charge in [-0.15, -0.1) is 11.3 Å². The number of halogens is 1. The summed E-state index contributed by atoms with van der Waals surface area (Å²) in [7, 11) is -3.44. The number of sulfone groups is 1. The van der Waals surface area contributed by atoms with Gasteiger partial charge in [-0.05, 0) is 66.2 Å². The minimum absolute atomic E-state index is 0.0839. The van der Waals surface area contributed by atoms with Crippen molar-refractivity contribution in [3.8, 4) is 0 Å². The monoisotopic (exact) mass is 613 g/mol. The molecular formula is C27H36ClN3O7S2. The van der Waals surface area contributed by atoms with E-state index < -0.39 is 39.3 Å². The number of pyridine rings is 1. The Labute approximate surface area is 243 Å². The summed E-state index contributed by atoms with van der Waals surface area (Å²) >= 11 is 7.77. The second-order valence-corrected chi connectivity index (χ2v) is 15.3. The van der Waals surface area contributed by atoms with Crippen molar-refractivity contribution in [2.24, 2.45) is 0 Å². The van der Waals surface area contributed by atoms with E-state index in [0.29, 0.717) is 21.7 Å². The van der Waals surface area contributed by atoms with E-state index in [1.165, 1.54) is 22.5 Å². The van der Waals surface area contributed by atoms with Gasteiger partial charge in [-0.1, -0.05) is 11.6 Å². The normalized spacial score (nSPS) is 13.2. The average molecular weight is 614 g/mol. The molecule has 2 amide bonds. The predicted molar refractivity (Wildman–Crippen MR) is 157 cm³/mol. The number of amides is 2. The van der Waals surface area contributed by atoms with Crippen molar-refractivity contribution in [2.75, 3.05) is 16.9 Å². The van der Waals surface area contributed by atoms with Gasteiger partial charge in [0.1, 0.15) is 32.0 Å². The number of rotatable bonds is 8. The third-order valence-electron chi connectivity index (χ3n) is 5.38. The molecule has 3 aromatic rings. The number of fused-ring (bicyclic) bond motifs is 1. The van der Waals surface area contributed by atoms with Gasteiger partial charge < -0.3 is 19.2 Å². The molecular weight excluding hydrogens is 578 g/mol. The van der Waals surface area contributed by atoms with E-state index in [9.17, 15) is 18.0 Å². The summed E-state index contributed by atoms with van der Waals surface area (Å²) < 4.78 is 41.6. The van der Waals surface area contributed by atoms with E-state index in [0.717, 1.165) is 16.7 Å². The molecule has 0 saturated heterocycles. The molecule has 0 unspecified atom stereocenters. The second kappa shape index (κ2) is 12.0. The van der Waals surface area contributed by atoms with Crippen LogP contribution in [0.5, 0.6) is 0 Å². The van der Waals surface area contributed by atoms with Gasteiger partial charge in [0.05, 0.1) is 40.5 Å². The Balaban J connectivity index is 2.06. The number of hydrogen-bond acceptors (Lipinski definition) is 9. The average Bonchev–Trinajstić information content (AvgIpc) is 3.36. The Bertz CT molecular complexity index is 1470. The van der Waals surface area contributed by atoms with E-state index in [-0.39, 0.29) is 23.9 Å². The van der Waals surface area contributed by atoms with Gasteiger partial charge in [-0.25, -0.2) is 23.0 Å². The van der Waals surface area contributed by atoms with Gasteiger partial charge in [0, 0.05) is 23.6 Å². The number of nitrogens with zero attached hydrogens (tertiary/aromatic N) is 2. The highest BCUT2D eigenvalue weighted by Crippen LogP contribution is 2.40. The van der Waals surface area contributed by atoms with Crippen molar-refractivity contribution in [1.82, 2.24) is 10.3 Å². The van der Waals surface area contributed by atoms with Crippen molar-refractivity contribution in [3.63, 3.8) is 0 Å². The highest BCUT2D eigenvalue weighted by molar-refractivity contribution is 7.90. The lowest BCUT2D eigenvalue weighted by Gasteiger charge is -2.27. The van der Waals surface area contributed by atoms with Crippen LogP contribution >= 0.6 is 22.9 Å². The molecule has 0 fully saturated rings. The van der Waals surface area contributed by atoms with Gasteiger partial charge >= 0.3 is 12.2 Å². The summed E-state index contributed by atoms with van der Waals surface area (Å²) in [4.78, 5) is 32.6. The van der Waals surface area contributed by atoms with Crippen molar-refractivity contribution < 1.29 is 31.9 Å². The maximum absolute atomic E-state index is 13.4. The first-order valence-corrected chi connectivity index (χ1v) is 15.9. The number of aromatic nitrogens is 1. The van der Waals surface area contributed by atoms with Crippen LogP contribution in [0.2, 0.25) is 5.15 Å². The van der Waals surface area contributed by atoms with Gasteiger partial charge in [-0.3, -0.25) is 4.90 Å². The molecule has 220 valence electrons. The number of furan rings is 1. The van der Waals surface area contributed by atoms with Crippen LogP contribution in [-0.4, -0.2) is 54.8 Å². The number of carbonyl (C=O) groups excluding carboxylic acids is 2. The van der Waals surface area contributed by atoms with E-state index in [1.54, 1.807) is 59.7 Å². The smallest absolute Gasteiger partial charge is 0.415 e.